The largest absolute Gasteiger partial charge is 0.355 e. The van der Waals surface area contributed by atoms with E-state index >= 15 is 0 Å². The van der Waals surface area contributed by atoms with Crippen LogP contribution in [0.15, 0.2) is 53.4 Å². The van der Waals surface area contributed by atoms with Gasteiger partial charge in [0.15, 0.2) is 9.84 Å². The van der Waals surface area contributed by atoms with Crippen molar-refractivity contribution in [2.75, 3.05) is 6.54 Å². The molecule has 0 saturated carbocycles. The van der Waals surface area contributed by atoms with Crippen LogP contribution in [-0.4, -0.2) is 26.1 Å². The van der Waals surface area contributed by atoms with Crippen LogP contribution < -0.4 is 5.32 Å². The Morgan fingerprint density at radius 2 is 1.88 bits per heavy atom. The van der Waals surface area contributed by atoms with Gasteiger partial charge in [-0.15, -0.1) is 0 Å². The van der Waals surface area contributed by atoms with E-state index in [0.717, 1.165) is 23.3 Å². The third kappa shape index (κ3) is 4.20. The molecule has 0 saturated heterocycles. The maximum absolute atomic E-state index is 13.2. The molecule has 2 aromatic carbocycles. The van der Waals surface area contributed by atoms with E-state index in [4.69, 9.17) is 0 Å². The summed E-state index contributed by atoms with van der Waals surface area (Å²) in [5.41, 5.74) is 2.21. The molecule has 2 rings (SSSR count). The Hall–Kier alpha value is -2.21. The van der Waals surface area contributed by atoms with Gasteiger partial charge in [-0.2, -0.15) is 0 Å². The average Bonchev–Trinajstić information content (AvgIpc) is 2.55. The lowest BCUT2D eigenvalue weighted by Gasteiger charge is -2.14. The summed E-state index contributed by atoms with van der Waals surface area (Å²) >= 11 is 0. The molecule has 0 aliphatic carbocycles. The Balaban J connectivity index is 2.00. The molecule has 0 radical (unpaired) electrons. The van der Waals surface area contributed by atoms with Crippen LogP contribution in [0.1, 0.15) is 18.1 Å². The van der Waals surface area contributed by atoms with Gasteiger partial charge in [-0.05, 0) is 49.6 Å². The molecule has 0 spiro atoms. The maximum atomic E-state index is 13.2. The molecule has 1 amide bonds. The minimum Gasteiger partial charge on any atom is -0.355 e. The van der Waals surface area contributed by atoms with Gasteiger partial charge in [-0.25, -0.2) is 12.8 Å². The van der Waals surface area contributed by atoms with Crippen molar-refractivity contribution >= 4 is 15.7 Å². The summed E-state index contributed by atoms with van der Waals surface area (Å²) in [6.45, 7) is 3.63. The molecule has 4 nitrogen and oxygen atoms in total. The Morgan fingerprint density at radius 3 is 2.54 bits per heavy atom. The van der Waals surface area contributed by atoms with Crippen LogP contribution in [0.3, 0.4) is 0 Å². The molecule has 2 aromatic rings. The highest BCUT2D eigenvalue weighted by Crippen LogP contribution is 2.17. The third-order valence-corrected chi connectivity index (χ3v) is 5.97. The van der Waals surface area contributed by atoms with E-state index in [1.807, 2.05) is 31.2 Å². The summed E-state index contributed by atoms with van der Waals surface area (Å²) in [5, 5.41) is 1.36. The van der Waals surface area contributed by atoms with E-state index < -0.39 is 26.8 Å². The Kier molecular flexibility index (Phi) is 5.72. The molecular formula is C18H20FNO3S. The Bertz CT molecular complexity index is 834. The van der Waals surface area contributed by atoms with Crippen molar-refractivity contribution in [2.45, 2.75) is 30.4 Å². The summed E-state index contributed by atoms with van der Waals surface area (Å²) in [4.78, 5) is 11.9. The van der Waals surface area contributed by atoms with Gasteiger partial charge in [0.25, 0.3) is 0 Å². The first-order valence-electron chi connectivity index (χ1n) is 7.64. The summed E-state index contributed by atoms with van der Waals surface area (Å²) < 4.78 is 38.0. The Labute approximate surface area is 141 Å². The predicted molar refractivity (Wildman–Crippen MR) is 90.9 cm³/mol. The first-order chi connectivity index (χ1) is 11.3. The maximum Gasteiger partial charge on any atom is 0.238 e. The van der Waals surface area contributed by atoms with Crippen molar-refractivity contribution in [3.05, 3.63) is 65.5 Å². The molecule has 0 aromatic heterocycles. The van der Waals surface area contributed by atoms with Crippen LogP contribution in [-0.2, 0) is 21.1 Å². The van der Waals surface area contributed by atoms with Gasteiger partial charge >= 0.3 is 0 Å². The highest BCUT2D eigenvalue weighted by Gasteiger charge is 2.29. The van der Waals surface area contributed by atoms with E-state index in [9.17, 15) is 17.6 Å². The predicted octanol–water partition coefficient (Wildman–Crippen LogP) is 2.66. The molecule has 128 valence electrons. The first kappa shape index (κ1) is 18.1. The van der Waals surface area contributed by atoms with E-state index in [1.165, 1.54) is 19.1 Å². The van der Waals surface area contributed by atoms with Crippen LogP contribution in [0, 0.1) is 12.7 Å². The SMILES string of the molecule is Cc1ccccc1CCNC(=O)[C@@H](C)S(=O)(=O)c1cccc(F)c1. The lowest BCUT2D eigenvalue weighted by Crippen LogP contribution is -2.38. The second-order valence-electron chi connectivity index (χ2n) is 5.61. The van der Waals surface area contributed by atoms with Crippen LogP contribution in [0.2, 0.25) is 0 Å². The van der Waals surface area contributed by atoms with E-state index in [1.54, 1.807) is 0 Å². The number of hydrogen-bond donors (Lipinski definition) is 1. The molecule has 24 heavy (non-hydrogen) atoms. The summed E-state index contributed by atoms with van der Waals surface area (Å²) in [5.74, 6) is -1.24. The number of carbonyl (C=O) groups excluding carboxylic acids is 1. The topological polar surface area (TPSA) is 63.2 Å². The van der Waals surface area contributed by atoms with Crippen molar-refractivity contribution in [1.82, 2.24) is 5.32 Å². The highest BCUT2D eigenvalue weighted by molar-refractivity contribution is 7.92. The van der Waals surface area contributed by atoms with Crippen molar-refractivity contribution in [2.24, 2.45) is 0 Å². The van der Waals surface area contributed by atoms with Gasteiger partial charge in [0.2, 0.25) is 5.91 Å². The van der Waals surface area contributed by atoms with Crippen molar-refractivity contribution in [3.63, 3.8) is 0 Å². The smallest absolute Gasteiger partial charge is 0.238 e. The second-order valence-corrected chi connectivity index (χ2v) is 7.88. The average molecular weight is 349 g/mol. The van der Waals surface area contributed by atoms with Gasteiger partial charge in [0.1, 0.15) is 11.1 Å². The fourth-order valence-corrected chi connectivity index (χ4v) is 3.66. The van der Waals surface area contributed by atoms with Crippen LogP contribution in [0.4, 0.5) is 4.39 Å². The minimum atomic E-state index is -3.92. The zero-order valence-corrected chi connectivity index (χ0v) is 14.4. The van der Waals surface area contributed by atoms with E-state index in [-0.39, 0.29) is 4.90 Å². The quantitative estimate of drug-likeness (QED) is 0.872. The molecular weight excluding hydrogens is 329 g/mol. The number of aryl methyl sites for hydroxylation is 1. The lowest BCUT2D eigenvalue weighted by molar-refractivity contribution is -0.120. The number of carbonyl (C=O) groups is 1. The summed E-state index contributed by atoms with van der Waals surface area (Å²) in [7, 11) is -3.92. The number of halogens is 1. The monoisotopic (exact) mass is 349 g/mol. The molecule has 6 heteroatoms. The highest BCUT2D eigenvalue weighted by atomic mass is 32.2. The zero-order valence-electron chi connectivity index (χ0n) is 13.6. The molecule has 0 unspecified atom stereocenters. The lowest BCUT2D eigenvalue weighted by atomic mass is 10.1. The summed E-state index contributed by atoms with van der Waals surface area (Å²) in [6, 6.07) is 12.5. The molecule has 1 N–H and O–H groups in total. The number of hydrogen-bond acceptors (Lipinski definition) is 3. The fourth-order valence-electron chi connectivity index (χ4n) is 2.34. The first-order valence-corrected chi connectivity index (χ1v) is 9.18. The van der Waals surface area contributed by atoms with Crippen molar-refractivity contribution in [1.29, 1.82) is 0 Å². The molecule has 1 atom stereocenters. The number of sulfone groups is 1. The van der Waals surface area contributed by atoms with Gasteiger partial charge < -0.3 is 5.32 Å². The van der Waals surface area contributed by atoms with Crippen molar-refractivity contribution in [3.8, 4) is 0 Å². The fraction of sp³-hybridized carbons (Fsp3) is 0.278. The normalized spacial score (nSPS) is 12.6. The number of amides is 1. The van der Waals surface area contributed by atoms with Gasteiger partial charge in [0.05, 0.1) is 4.90 Å². The molecule has 0 aliphatic rings. The van der Waals surface area contributed by atoms with Crippen LogP contribution >= 0.6 is 0 Å². The standard InChI is InChI=1S/C18H20FNO3S/c1-13-6-3-4-7-15(13)10-11-20-18(21)14(2)24(22,23)17-9-5-8-16(19)12-17/h3-9,12,14H,10-11H2,1-2H3,(H,20,21)/t14-/m1/s1. The number of benzene rings is 2. The zero-order chi connectivity index (χ0) is 17.7. The molecule has 0 bridgehead atoms. The Morgan fingerprint density at radius 1 is 1.17 bits per heavy atom. The van der Waals surface area contributed by atoms with E-state index in [2.05, 4.69) is 5.32 Å². The third-order valence-electron chi connectivity index (χ3n) is 3.91. The molecule has 0 heterocycles. The van der Waals surface area contributed by atoms with E-state index in [0.29, 0.717) is 13.0 Å². The van der Waals surface area contributed by atoms with Gasteiger partial charge in [0, 0.05) is 6.54 Å². The van der Waals surface area contributed by atoms with Gasteiger partial charge in [-0.3, -0.25) is 4.79 Å². The minimum absolute atomic E-state index is 0.191. The van der Waals surface area contributed by atoms with Crippen LogP contribution in [0.5, 0.6) is 0 Å². The molecule has 0 aliphatic heterocycles. The molecule has 0 fully saturated rings. The van der Waals surface area contributed by atoms with Crippen LogP contribution in [0.25, 0.3) is 0 Å². The number of rotatable bonds is 6. The number of nitrogens with one attached hydrogen (secondary N) is 1. The summed E-state index contributed by atoms with van der Waals surface area (Å²) in [6.07, 6.45) is 0.616. The second kappa shape index (κ2) is 7.57. The van der Waals surface area contributed by atoms with Crippen molar-refractivity contribution < 1.29 is 17.6 Å². The van der Waals surface area contributed by atoms with Gasteiger partial charge in [-0.1, -0.05) is 30.3 Å².